The molecule has 0 bridgehead atoms. The predicted molar refractivity (Wildman–Crippen MR) is 90.9 cm³/mol. The van der Waals surface area contributed by atoms with Crippen molar-refractivity contribution >= 4 is 18.4 Å². The molecule has 9 heteroatoms. The number of rotatable bonds is 7. The molecular formula is C17H17ClF3NO4. The van der Waals surface area contributed by atoms with Crippen molar-refractivity contribution in [3.8, 4) is 11.5 Å². The molecule has 0 aromatic heterocycles. The summed E-state index contributed by atoms with van der Waals surface area (Å²) in [6, 6.07) is 12.2. The number of halogens is 4. The molecule has 0 aliphatic carbocycles. The lowest BCUT2D eigenvalue weighted by molar-refractivity contribution is -0.274. The van der Waals surface area contributed by atoms with Crippen LogP contribution in [0, 0.1) is 0 Å². The van der Waals surface area contributed by atoms with Crippen molar-refractivity contribution in [1.29, 1.82) is 0 Å². The third-order valence-corrected chi connectivity index (χ3v) is 3.22. The average Bonchev–Trinajstić information content (AvgIpc) is 2.52. The average molecular weight is 392 g/mol. The molecular weight excluding hydrogens is 375 g/mol. The van der Waals surface area contributed by atoms with Crippen LogP contribution in [0.5, 0.6) is 11.5 Å². The van der Waals surface area contributed by atoms with Gasteiger partial charge in [-0.05, 0) is 24.1 Å². The Balaban J connectivity index is 0.00000338. The van der Waals surface area contributed by atoms with Crippen LogP contribution >= 0.6 is 12.4 Å². The molecule has 3 N–H and O–H groups in total. The highest BCUT2D eigenvalue weighted by Crippen LogP contribution is 2.32. The lowest BCUT2D eigenvalue weighted by Crippen LogP contribution is -2.30. The van der Waals surface area contributed by atoms with Crippen LogP contribution in [0.4, 0.5) is 13.2 Å². The highest BCUT2D eigenvalue weighted by Gasteiger charge is 2.34. The van der Waals surface area contributed by atoms with Gasteiger partial charge in [0.1, 0.15) is 23.7 Å². The maximum absolute atomic E-state index is 12.4. The van der Waals surface area contributed by atoms with E-state index < -0.39 is 29.7 Å². The summed E-state index contributed by atoms with van der Waals surface area (Å²) in [6.07, 6.45) is -4.53. The molecule has 0 heterocycles. The number of alkyl halides is 3. The maximum atomic E-state index is 12.4. The van der Waals surface area contributed by atoms with Crippen molar-refractivity contribution in [3.05, 3.63) is 59.7 Å². The molecule has 2 rings (SSSR count). The van der Waals surface area contributed by atoms with Gasteiger partial charge >= 0.3 is 12.3 Å². The highest BCUT2D eigenvalue weighted by molar-refractivity contribution is 5.94. The Hall–Kier alpha value is -2.45. The van der Waals surface area contributed by atoms with E-state index >= 15 is 0 Å². The Morgan fingerprint density at radius 2 is 1.69 bits per heavy atom. The second-order valence-corrected chi connectivity index (χ2v) is 5.24. The first-order valence-corrected chi connectivity index (χ1v) is 7.30. The van der Waals surface area contributed by atoms with E-state index in [2.05, 4.69) is 4.74 Å². The third-order valence-electron chi connectivity index (χ3n) is 3.22. The zero-order valence-corrected chi connectivity index (χ0v) is 14.2. The summed E-state index contributed by atoms with van der Waals surface area (Å²) in [5.41, 5.74) is 6.20. The molecule has 0 amide bonds. The summed E-state index contributed by atoms with van der Waals surface area (Å²) < 4.78 is 46.3. The van der Waals surface area contributed by atoms with Crippen molar-refractivity contribution in [2.75, 3.05) is 6.61 Å². The number of carboxylic acid groups (broad SMARTS) is 1. The van der Waals surface area contributed by atoms with E-state index in [1.54, 1.807) is 0 Å². The summed E-state index contributed by atoms with van der Waals surface area (Å²) in [5, 5.41) is 9.19. The van der Waals surface area contributed by atoms with Gasteiger partial charge in [0.05, 0.1) is 0 Å². The van der Waals surface area contributed by atoms with Gasteiger partial charge in [-0.25, -0.2) is 4.79 Å². The fourth-order valence-corrected chi connectivity index (χ4v) is 2.22. The SMILES string of the molecule is Cl.NC(COc1cccc(OC(F)(F)F)c1C(=O)O)Cc1ccccc1. The second kappa shape index (κ2) is 9.30. The molecule has 0 saturated heterocycles. The van der Waals surface area contributed by atoms with Crippen molar-refractivity contribution in [2.24, 2.45) is 5.73 Å². The summed E-state index contributed by atoms with van der Waals surface area (Å²) >= 11 is 0. The number of hydrogen-bond donors (Lipinski definition) is 2. The Morgan fingerprint density at radius 3 is 2.27 bits per heavy atom. The molecule has 5 nitrogen and oxygen atoms in total. The minimum atomic E-state index is -5.01. The number of carboxylic acids is 1. The van der Waals surface area contributed by atoms with E-state index in [0.29, 0.717) is 6.42 Å². The summed E-state index contributed by atoms with van der Waals surface area (Å²) in [6.45, 7) is -0.0648. The number of hydrogen-bond acceptors (Lipinski definition) is 4. The summed E-state index contributed by atoms with van der Waals surface area (Å²) in [5.74, 6) is -2.67. The molecule has 0 spiro atoms. The van der Waals surface area contributed by atoms with Crippen LogP contribution in [0.3, 0.4) is 0 Å². The van der Waals surface area contributed by atoms with Gasteiger partial charge in [0.15, 0.2) is 0 Å². The highest BCUT2D eigenvalue weighted by atomic mass is 35.5. The largest absolute Gasteiger partial charge is 0.573 e. The van der Waals surface area contributed by atoms with Crippen molar-refractivity contribution in [3.63, 3.8) is 0 Å². The number of aromatic carboxylic acids is 1. The van der Waals surface area contributed by atoms with Gasteiger partial charge in [0, 0.05) is 6.04 Å². The molecule has 0 saturated carbocycles. The molecule has 0 aliphatic heterocycles. The van der Waals surface area contributed by atoms with Gasteiger partial charge in [-0.3, -0.25) is 0 Å². The fraction of sp³-hybridized carbons (Fsp3) is 0.235. The number of benzene rings is 2. The third kappa shape index (κ3) is 6.45. The molecule has 2 aromatic rings. The summed E-state index contributed by atoms with van der Waals surface area (Å²) in [7, 11) is 0. The van der Waals surface area contributed by atoms with Gasteiger partial charge in [-0.2, -0.15) is 0 Å². The minimum Gasteiger partial charge on any atom is -0.491 e. The Kier molecular flexibility index (Phi) is 7.73. The fourth-order valence-electron chi connectivity index (χ4n) is 2.22. The molecule has 0 aliphatic rings. The zero-order valence-electron chi connectivity index (χ0n) is 13.4. The Labute approximate surface area is 153 Å². The molecule has 2 aromatic carbocycles. The molecule has 1 atom stereocenters. The zero-order chi connectivity index (χ0) is 18.4. The lowest BCUT2D eigenvalue weighted by atomic mass is 10.1. The van der Waals surface area contributed by atoms with Crippen molar-refractivity contribution in [1.82, 2.24) is 0 Å². The first-order chi connectivity index (χ1) is 11.8. The van der Waals surface area contributed by atoms with E-state index in [1.165, 1.54) is 12.1 Å². The van der Waals surface area contributed by atoms with Gasteiger partial charge < -0.3 is 20.3 Å². The molecule has 0 fully saturated rings. The van der Waals surface area contributed by atoms with Gasteiger partial charge in [-0.1, -0.05) is 36.4 Å². The standard InChI is InChI=1S/C17H16F3NO4.ClH/c18-17(19,20)25-14-8-4-7-13(15(14)16(22)23)24-10-12(21)9-11-5-2-1-3-6-11;/h1-8,12H,9-10,21H2,(H,22,23);1H. The number of ether oxygens (including phenoxy) is 2. The minimum absolute atomic E-state index is 0. The Morgan fingerprint density at radius 1 is 1.08 bits per heavy atom. The van der Waals surface area contributed by atoms with Crippen LogP contribution in [-0.2, 0) is 6.42 Å². The van der Waals surface area contributed by atoms with Crippen LogP contribution in [0.15, 0.2) is 48.5 Å². The van der Waals surface area contributed by atoms with Crippen LogP contribution in [-0.4, -0.2) is 30.1 Å². The van der Waals surface area contributed by atoms with Crippen molar-refractivity contribution < 1.29 is 32.5 Å². The number of carbonyl (C=O) groups is 1. The maximum Gasteiger partial charge on any atom is 0.573 e. The first-order valence-electron chi connectivity index (χ1n) is 7.30. The second-order valence-electron chi connectivity index (χ2n) is 5.24. The Bertz CT molecular complexity index is 726. The van der Waals surface area contributed by atoms with E-state index in [-0.39, 0.29) is 24.8 Å². The van der Waals surface area contributed by atoms with E-state index in [1.807, 2.05) is 30.3 Å². The topological polar surface area (TPSA) is 81.8 Å². The van der Waals surface area contributed by atoms with Gasteiger partial charge in [0.25, 0.3) is 0 Å². The molecule has 1 unspecified atom stereocenters. The van der Waals surface area contributed by atoms with Crippen molar-refractivity contribution in [2.45, 2.75) is 18.8 Å². The van der Waals surface area contributed by atoms with E-state index in [0.717, 1.165) is 11.6 Å². The summed E-state index contributed by atoms with van der Waals surface area (Å²) in [4.78, 5) is 11.3. The molecule has 26 heavy (non-hydrogen) atoms. The molecule has 0 radical (unpaired) electrons. The van der Waals surface area contributed by atoms with Crippen LogP contribution < -0.4 is 15.2 Å². The predicted octanol–water partition coefficient (Wildman–Crippen LogP) is 3.65. The van der Waals surface area contributed by atoms with Crippen LogP contribution in [0.2, 0.25) is 0 Å². The van der Waals surface area contributed by atoms with Crippen LogP contribution in [0.25, 0.3) is 0 Å². The normalized spacial score (nSPS) is 12.0. The first kappa shape index (κ1) is 21.6. The quantitative estimate of drug-likeness (QED) is 0.752. The monoisotopic (exact) mass is 391 g/mol. The van der Waals surface area contributed by atoms with Crippen LogP contribution in [0.1, 0.15) is 15.9 Å². The smallest absolute Gasteiger partial charge is 0.491 e. The number of nitrogens with two attached hydrogens (primary N) is 1. The lowest BCUT2D eigenvalue weighted by Gasteiger charge is -2.17. The van der Waals surface area contributed by atoms with E-state index in [4.69, 9.17) is 10.5 Å². The van der Waals surface area contributed by atoms with E-state index in [9.17, 15) is 23.1 Å². The van der Waals surface area contributed by atoms with Gasteiger partial charge in [0.2, 0.25) is 0 Å². The molecule has 142 valence electrons. The van der Waals surface area contributed by atoms with Gasteiger partial charge in [-0.15, -0.1) is 25.6 Å².